The summed E-state index contributed by atoms with van der Waals surface area (Å²) in [4.78, 5) is 0. The molecule has 0 aliphatic carbocycles. The molecule has 0 fully saturated rings. The van der Waals surface area contributed by atoms with Gasteiger partial charge in [-0.25, -0.2) is 8.78 Å². The van der Waals surface area contributed by atoms with Gasteiger partial charge in [-0.15, -0.1) is 0 Å². The van der Waals surface area contributed by atoms with Gasteiger partial charge in [0.25, 0.3) is 0 Å². The van der Waals surface area contributed by atoms with Gasteiger partial charge in [0.15, 0.2) is 0 Å². The van der Waals surface area contributed by atoms with E-state index in [-0.39, 0.29) is 16.5 Å². The maximum Gasteiger partial charge on any atom is 0.143 e. The SMILES string of the molecule is OC(Cc1c(F)ccc(Br)c1F)c1ccccc1. The molecule has 2 rings (SSSR count). The Morgan fingerprint density at radius 3 is 2.39 bits per heavy atom. The molecule has 2 aromatic rings. The molecule has 1 N–H and O–H groups in total. The zero-order chi connectivity index (χ0) is 13.1. The Morgan fingerprint density at radius 1 is 1.06 bits per heavy atom. The molecule has 1 unspecified atom stereocenters. The van der Waals surface area contributed by atoms with Crippen molar-refractivity contribution in [2.45, 2.75) is 12.5 Å². The van der Waals surface area contributed by atoms with E-state index >= 15 is 0 Å². The van der Waals surface area contributed by atoms with Crippen molar-refractivity contribution >= 4 is 15.9 Å². The van der Waals surface area contributed by atoms with Crippen LogP contribution < -0.4 is 0 Å². The molecule has 0 saturated carbocycles. The first-order chi connectivity index (χ1) is 8.59. The zero-order valence-corrected chi connectivity index (χ0v) is 11.0. The first-order valence-electron chi connectivity index (χ1n) is 5.45. The van der Waals surface area contributed by atoms with E-state index in [1.54, 1.807) is 24.3 Å². The maximum atomic E-state index is 13.7. The first-order valence-corrected chi connectivity index (χ1v) is 6.24. The summed E-state index contributed by atoms with van der Waals surface area (Å²) >= 11 is 3.00. The molecule has 18 heavy (non-hydrogen) atoms. The minimum Gasteiger partial charge on any atom is -0.388 e. The van der Waals surface area contributed by atoms with Crippen molar-refractivity contribution in [2.24, 2.45) is 0 Å². The Hall–Kier alpha value is -1.26. The number of aliphatic hydroxyl groups excluding tert-OH is 1. The second-order valence-electron chi connectivity index (χ2n) is 3.95. The smallest absolute Gasteiger partial charge is 0.143 e. The molecule has 0 spiro atoms. The van der Waals surface area contributed by atoms with Crippen molar-refractivity contribution in [3.05, 3.63) is 69.7 Å². The Bertz CT molecular complexity index is 543. The van der Waals surface area contributed by atoms with Crippen molar-refractivity contribution < 1.29 is 13.9 Å². The average Bonchev–Trinajstić information content (AvgIpc) is 2.40. The highest BCUT2D eigenvalue weighted by Gasteiger charge is 2.17. The van der Waals surface area contributed by atoms with Crippen LogP contribution >= 0.6 is 15.9 Å². The van der Waals surface area contributed by atoms with Gasteiger partial charge in [-0.2, -0.15) is 0 Å². The van der Waals surface area contributed by atoms with Crippen molar-refractivity contribution in [3.8, 4) is 0 Å². The van der Waals surface area contributed by atoms with E-state index in [0.29, 0.717) is 5.56 Å². The summed E-state index contributed by atoms with van der Waals surface area (Å²) in [6, 6.07) is 11.3. The molecule has 4 heteroatoms. The fourth-order valence-corrected chi connectivity index (χ4v) is 2.11. The number of halogens is 3. The molecule has 0 aromatic heterocycles. The fraction of sp³-hybridized carbons (Fsp3) is 0.143. The van der Waals surface area contributed by atoms with Gasteiger partial charge in [-0.05, 0) is 33.6 Å². The molecule has 1 atom stereocenters. The molecule has 2 aromatic carbocycles. The second-order valence-corrected chi connectivity index (χ2v) is 4.81. The third-order valence-corrected chi connectivity index (χ3v) is 3.33. The number of aliphatic hydroxyl groups is 1. The van der Waals surface area contributed by atoms with Crippen LogP contribution in [0.2, 0.25) is 0 Å². The molecule has 1 nitrogen and oxygen atoms in total. The van der Waals surface area contributed by atoms with Gasteiger partial charge in [0, 0.05) is 12.0 Å². The van der Waals surface area contributed by atoms with Crippen molar-refractivity contribution in [2.75, 3.05) is 0 Å². The Morgan fingerprint density at radius 2 is 1.72 bits per heavy atom. The van der Waals surface area contributed by atoms with Crippen LogP contribution in [0.15, 0.2) is 46.9 Å². The van der Waals surface area contributed by atoms with Gasteiger partial charge in [0.1, 0.15) is 11.6 Å². The minimum absolute atomic E-state index is 0.0961. The molecule has 0 heterocycles. The summed E-state index contributed by atoms with van der Waals surface area (Å²) in [6.45, 7) is 0. The molecular formula is C14H11BrF2O. The lowest BCUT2D eigenvalue weighted by Crippen LogP contribution is -2.06. The van der Waals surface area contributed by atoms with Gasteiger partial charge in [-0.1, -0.05) is 30.3 Å². The number of hydrogen-bond acceptors (Lipinski definition) is 1. The van der Waals surface area contributed by atoms with E-state index in [9.17, 15) is 13.9 Å². The van der Waals surface area contributed by atoms with Crippen LogP contribution in [0, 0.1) is 11.6 Å². The summed E-state index contributed by atoms with van der Waals surface area (Å²) in [5.41, 5.74) is 0.525. The Kier molecular flexibility index (Phi) is 4.09. The molecule has 94 valence electrons. The topological polar surface area (TPSA) is 20.2 Å². The van der Waals surface area contributed by atoms with Gasteiger partial charge in [0.2, 0.25) is 0 Å². The van der Waals surface area contributed by atoms with Crippen LogP contribution in [0.4, 0.5) is 8.78 Å². The minimum atomic E-state index is -0.926. The fourth-order valence-electron chi connectivity index (χ4n) is 1.74. The third-order valence-electron chi connectivity index (χ3n) is 2.72. The molecular weight excluding hydrogens is 302 g/mol. The van der Waals surface area contributed by atoms with E-state index in [0.717, 1.165) is 0 Å². The second kappa shape index (κ2) is 5.59. The van der Waals surface area contributed by atoms with Gasteiger partial charge < -0.3 is 5.11 Å². The normalized spacial score (nSPS) is 12.4. The Balaban J connectivity index is 2.27. The van der Waals surface area contributed by atoms with Crippen LogP contribution in [0.1, 0.15) is 17.2 Å². The lowest BCUT2D eigenvalue weighted by atomic mass is 10.0. The van der Waals surface area contributed by atoms with Crippen LogP contribution in [0.25, 0.3) is 0 Å². The van der Waals surface area contributed by atoms with E-state index in [1.807, 2.05) is 6.07 Å². The zero-order valence-electron chi connectivity index (χ0n) is 9.41. The maximum absolute atomic E-state index is 13.7. The summed E-state index contributed by atoms with van der Waals surface area (Å²) in [5, 5.41) is 9.97. The summed E-state index contributed by atoms with van der Waals surface area (Å²) < 4.78 is 27.5. The van der Waals surface area contributed by atoms with Crippen molar-refractivity contribution in [3.63, 3.8) is 0 Å². The summed E-state index contributed by atoms with van der Waals surface area (Å²) in [7, 11) is 0. The van der Waals surface area contributed by atoms with E-state index in [2.05, 4.69) is 15.9 Å². The molecule has 0 amide bonds. The third kappa shape index (κ3) is 2.76. The lowest BCUT2D eigenvalue weighted by Gasteiger charge is -2.13. The van der Waals surface area contributed by atoms with Crippen LogP contribution in [-0.2, 0) is 6.42 Å². The van der Waals surface area contributed by atoms with Gasteiger partial charge in [-0.3, -0.25) is 0 Å². The predicted molar refractivity (Wildman–Crippen MR) is 69.2 cm³/mol. The summed E-state index contributed by atoms with van der Waals surface area (Å²) in [5.74, 6) is -1.31. The van der Waals surface area contributed by atoms with Crippen LogP contribution in [0.5, 0.6) is 0 Å². The largest absolute Gasteiger partial charge is 0.388 e. The molecule has 0 saturated heterocycles. The van der Waals surface area contributed by atoms with E-state index in [4.69, 9.17) is 0 Å². The van der Waals surface area contributed by atoms with E-state index < -0.39 is 17.7 Å². The van der Waals surface area contributed by atoms with Crippen LogP contribution in [0.3, 0.4) is 0 Å². The highest BCUT2D eigenvalue weighted by Crippen LogP contribution is 2.26. The lowest BCUT2D eigenvalue weighted by molar-refractivity contribution is 0.175. The summed E-state index contributed by atoms with van der Waals surface area (Å²) in [6.07, 6.45) is -1.02. The predicted octanol–water partition coefficient (Wildman–Crippen LogP) is 4.00. The quantitative estimate of drug-likeness (QED) is 0.849. The monoisotopic (exact) mass is 312 g/mol. The average molecular weight is 313 g/mol. The molecule has 0 aliphatic rings. The van der Waals surface area contributed by atoms with Crippen LogP contribution in [-0.4, -0.2) is 5.11 Å². The number of rotatable bonds is 3. The Labute approximate surface area is 112 Å². The first kappa shape index (κ1) is 13.2. The van der Waals surface area contributed by atoms with Crippen molar-refractivity contribution in [1.82, 2.24) is 0 Å². The molecule has 0 bridgehead atoms. The number of hydrogen-bond donors (Lipinski definition) is 1. The highest BCUT2D eigenvalue weighted by atomic mass is 79.9. The van der Waals surface area contributed by atoms with E-state index in [1.165, 1.54) is 12.1 Å². The standard InChI is InChI=1S/C14H11BrF2O/c15-11-6-7-12(16)10(14(11)17)8-13(18)9-4-2-1-3-5-9/h1-7,13,18H,8H2. The molecule has 0 aliphatic heterocycles. The molecule has 0 radical (unpaired) electrons. The van der Waals surface area contributed by atoms with Gasteiger partial charge in [0.05, 0.1) is 10.6 Å². The number of benzene rings is 2. The van der Waals surface area contributed by atoms with Gasteiger partial charge >= 0.3 is 0 Å². The van der Waals surface area contributed by atoms with Crippen molar-refractivity contribution in [1.29, 1.82) is 0 Å². The highest BCUT2D eigenvalue weighted by molar-refractivity contribution is 9.10.